The molecule has 0 aliphatic carbocycles. The van der Waals surface area contributed by atoms with Gasteiger partial charge in [0.25, 0.3) is 0 Å². The summed E-state index contributed by atoms with van der Waals surface area (Å²) in [6, 6.07) is 3.49. The summed E-state index contributed by atoms with van der Waals surface area (Å²) in [5.74, 6) is -0.760. The van der Waals surface area contributed by atoms with Crippen LogP contribution >= 0.6 is 15.9 Å². The van der Waals surface area contributed by atoms with Gasteiger partial charge in [-0.05, 0) is 24.6 Å². The topological polar surface area (TPSA) is 0 Å². The Morgan fingerprint density at radius 3 is 2.67 bits per heavy atom. The molecule has 0 aromatic heterocycles. The highest BCUT2D eigenvalue weighted by Crippen LogP contribution is 2.28. The van der Waals surface area contributed by atoms with Crippen LogP contribution in [0.4, 0.5) is 8.78 Å². The largest absolute Gasteiger partial charge is 0.207 e. The van der Waals surface area contributed by atoms with E-state index < -0.39 is 5.82 Å². The Kier molecular flexibility index (Phi) is 3.20. The average Bonchev–Trinajstić information content (AvgIpc) is 2.08. The van der Waals surface area contributed by atoms with E-state index >= 15 is 0 Å². The van der Waals surface area contributed by atoms with Crippen LogP contribution in [0.2, 0.25) is 0 Å². The number of benzene rings is 1. The van der Waals surface area contributed by atoms with Crippen LogP contribution in [0.1, 0.15) is 23.7 Å². The second-order valence-electron chi connectivity index (χ2n) is 2.54. The molecule has 1 unspecified atom stereocenters. The van der Waals surface area contributed by atoms with Crippen molar-refractivity contribution in [2.45, 2.75) is 18.2 Å². The predicted octanol–water partition coefficient (Wildman–Crippen LogP) is 3.81. The summed E-state index contributed by atoms with van der Waals surface area (Å²) in [6.45, 7) is 1.91. The molecule has 66 valence electrons. The fourth-order valence-electron chi connectivity index (χ4n) is 0.975. The Balaban J connectivity index is 3.04. The molecule has 3 heteroatoms. The first-order chi connectivity index (χ1) is 5.65. The van der Waals surface area contributed by atoms with Gasteiger partial charge < -0.3 is 0 Å². The molecule has 0 saturated carbocycles. The highest BCUT2D eigenvalue weighted by atomic mass is 79.9. The molecule has 0 aliphatic rings. The zero-order valence-electron chi connectivity index (χ0n) is 6.65. The summed E-state index contributed by atoms with van der Waals surface area (Å²) in [6.07, 6.45) is 0.736. The Morgan fingerprint density at radius 2 is 2.08 bits per heavy atom. The van der Waals surface area contributed by atoms with Gasteiger partial charge in [-0.2, -0.15) is 0 Å². The predicted molar refractivity (Wildman–Crippen MR) is 48.3 cm³/mol. The van der Waals surface area contributed by atoms with Crippen LogP contribution in [-0.4, -0.2) is 0 Å². The number of rotatable bonds is 2. The molecule has 12 heavy (non-hydrogen) atoms. The van der Waals surface area contributed by atoms with Crippen LogP contribution in [0, 0.1) is 11.6 Å². The molecule has 0 nitrogen and oxygen atoms in total. The molecule has 0 saturated heterocycles. The summed E-state index contributed by atoms with van der Waals surface area (Å²) >= 11 is 3.26. The summed E-state index contributed by atoms with van der Waals surface area (Å²) in [5, 5.41) is 0. The molecule has 0 bridgehead atoms. The molecule has 0 spiro atoms. The van der Waals surface area contributed by atoms with E-state index in [2.05, 4.69) is 15.9 Å². The van der Waals surface area contributed by atoms with Crippen LogP contribution in [0.5, 0.6) is 0 Å². The Hall–Kier alpha value is -0.440. The van der Waals surface area contributed by atoms with E-state index in [9.17, 15) is 8.78 Å². The van der Waals surface area contributed by atoms with Crippen molar-refractivity contribution in [3.63, 3.8) is 0 Å². The van der Waals surface area contributed by atoms with Gasteiger partial charge in [-0.25, -0.2) is 8.78 Å². The van der Waals surface area contributed by atoms with Crippen molar-refractivity contribution >= 4 is 15.9 Å². The maximum absolute atomic E-state index is 13.0. The molecule has 1 rings (SSSR count). The quantitative estimate of drug-likeness (QED) is 0.683. The number of alkyl halides is 1. The SMILES string of the molecule is CCC(Br)c1cc(F)ccc1F. The van der Waals surface area contributed by atoms with Gasteiger partial charge in [-0.15, -0.1) is 0 Å². The molecule has 0 amide bonds. The van der Waals surface area contributed by atoms with Crippen molar-refractivity contribution in [2.24, 2.45) is 0 Å². The van der Waals surface area contributed by atoms with Crippen LogP contribution in [0.3, 0.4) is 0 Å². The molecule has 0 heterocycles. The van der Waals surface area contributed by atoms with Crippen LogP contribution in [-0.2, 0) is 0 Å². The molecule has 1 atom stereocenters. The van der Waals surface area contributed by atoms with Crippen LogP contribution < -0.4 is 0 Å². The molecule has 0 radical (unpaired) electrons. The van der Waals surface area contributed by atoms with Crippen molar-refractivity contribution in [1.29, 1.82) is 0 Å². The first kappa shape index (κ1) is 9.65. The smallest absolute Gasteiger partial charge is 0.127 e. The van der Waals surface area contributed by atoms with Crippen molar-refractivity contribution in [3.05, 3.63) is 35.4 Å². The zero-order valence-corrected chi connectivity index (χ0v) is 8.24. The van der Waals surface area contributed by atoms with Crippen LogP contribution in [0.25, 0.3) is 0 Å². The highest BCUT2D eigenvalue weighted by Gasteiger charge is 2.10. The Labute approximate surface area is 78.7 Å². The molecule has 0 N–H and O–H groups in total. The van der Waals surface area contributed by atoms with Crippen molar-refractivity contribution in [1.82, 2.24) is 0 Å². The first-order valence-electron chi connectivity index (χ1n) is 3.74. The van der Waals surface area contributed by atoms with E-state index in [0.29, 0.717) is 5.56 Å². The van der Waals surface area contributed by atoms with E-state index in [1.807, 2.05) is 6.92 Å². The fourth-order valence-corrected chi connectivity index (χ4v) is 1.33. The normalized spacial score (nSPS) is 13.0. The van der Waals surface area contributed by atoms with Crippen molar-refractivity contribution in [3.8, 4) is 0 Å². The number of hydrogen-bond acceptors (Lipinski definition) is 0. The molecule has 1 aromatic rings. The van der Waals surface area contributed by atoms with E-state index in [1.165, 1.54) is 6.07 Å². The van der Waals surface area contributed by atoms with Gasteiger partial charge >= 0.3 is 0 Å². The second-order valence-corrected chi connectivity index (χ2v) is 3.65. The molecule has 0 fully saturated rings. The minimum Gasteiger partial charge on any atom is -0.207 e. The molecular weight excluding hydrogens is 226 g/mol. The third kappa shape index (κ3) is 2.03. The minimum absolute atomic E-state index is 0.104. The Morgan fingerprint density at radius 1 is 1.42 bits per heavy atom. The average molecular weight is 235 g/mol. The van der Waals surface area contributed by atoms with E-state index in [1.54, 1.807) is 0 Å². The van der Waals surface area contributed by atoms with Gasteiger partial charge in [0.15, 0.2) is 0 Å². The van der Waals surface area contributed by atoms with Gasteiger partial charge in [0.2, 0.25) is 0 Å². The van der Waals surface area contributed by atoms with E-state index in [4.69, 9.17) is 0 Å². The molecule has 0 aliphatic heterocycles. The lowest BCUT2D eigenvalue weighted by atomic mass is 10.1. The standard InChI is InChI=1S/C9H9BrF2/c1-2-8(10)7-5-6(11)3-4-9(7)12/h3-5,8H,2H2,1H3. The zero-order chi connectivity index (χ0) is 9.14. The third-order valence-electron chi connectivity index (χ3n) is 1.65. The third-order valence-corrected chi connectivity index (χ3v) is 2.79. The van der Waals surface area contributed by atoms with Crippen LogP contribution in [0.15, 0.2) is 18.2 Å². The lowest BCUT2D eigenvalue weighted by Crippen LogP contribution is -1.93. The van der Waals surface area contributed by atoms with Gasteiger partial charge in [-0.1, -0.05) is 22.9 Å². The summed E-state index contributed by atoms with van der Waals surface area (Å²) < 4.78 is 25.7. The highest BCUT2D eigenvalue weighted by molar-refractivity contribution is 9.09. The maximum Gasteiger partial charge on any atom is 0.127 e. The van der Waals surface area contributed by atoms with E-state index in [0.717, 1.165) is 18.6 Å². The fraction of sp³-hybridized carbons (Fsp3) is 0.333. The first-order valence-corrected chi connectivity index (χ1v) is 4.65. The van der Waals surface area contributed by atoms with Gasteiger partial charge in [0, 0.05) is 10.4 Å². The van der Waals surface area contributed by atoms with Crippen molar-refractivity contribution in [2.75, 3.05) is 0 Å². The molecule has 1 aromatic carbocycles. The number of halogens is 3. The summed E-state index contributed by atoms with van der Waals surface area (Å²) in [7, 11) is 0. The lowest BCUT2D eigenvalue weighted by molar-refractivity contribution is 0.582. The number of hydrogen-bond donors (Lipinski definition) is 0. The lowest BCUT2D eigenvalue weighted by Gasteiger charge is -2.07. The second kappa shape index (κ2) is 3.99. The Bertz CT molecular complexity index is 273. The monoisotopic (exact) mass is 234 g/mol. The summed E-state index contributed by atoms with van der Waals surface area (Å²) in [5.41, 5.74) is 0.387. The van der Waals surface area contributed by atoms with Gasteiger partial charge in [-0.3, -0.25) is 0 Å². The van der Waals surface area contributed by atoms with E-state index in [-0.39, 0.29) is 10.6 Å². The minimum atomic E-state index is -0.399. The molecular formula is C9H9BrF2. The maximum atomic E-state index is 13.0. The van der Waals surface area contributed by atoms with Gasteiger partial charge in [0.1, 0.15) is 11.6 Å². The van der Waals surface area contributed by atoms with Gasteiger partial charge in [0.05, 0.1) is 0 Å². The van der Waals surface area contributed by atoms with Crippen molar-refractivity contribution < 1.29 is 8.78 Å². The summed E-state index contributed by atoms with van der Waals surface area (Å²) in [4.78, 5) is -0.104.